The number of carbonyl (C=O) groups excluding carboxylic acids is 3. The van der Waals surface area contributed by atoms with E-state index in [1.54, 1.807) is 0 Å². The number of nitrogens with zero attached hydrogens (tertiary/aromatic N) is 1. The van der Waals surface area contributed by atoms with Crippen molar-refractivity contribution >= 4 is 33.7 Å². The fourth-order valence-electron chi connectivity index (χ4n) is 1.37. The van der Waals surface area contributed by atoms with Crippen LogP contribution in [-0.4, -0.2) is 29.4 Å². The van der Waals surface area contributed by atoms with Gasteiger partial charge < -0.3 is 9.15 Å². The molecule has 0 fully saturated rings. The van der Waals surface area contributed by atoms with Gasteiger partial charge in [-0.25, -0.2) is 4.79 Å². The van der Waals surface area contributed by atoms with Crippen molar-refractivity contribution in [2.45, 2.75) is 0 Å². The van der Waals surface area contributed by atoms with Gasteiger partial charge in [0, 0.05) is 16.9 Å². The van der Waals surface area contributed by atoms with E-state index < -0.39 is 24.4 Å². The molecule has 0 aliphatic heterocycles. The number of esters is 1. The fourth-order valence-corrected chi connectivity index (χ4v) is 1.73. The lowest BCUT2D eigenvalue weighted by Crippen LogP contribution is -2.43. The van der Waals surface area contributed by atoms with Crippen LogP contribution in [-0.2, 0) is 9.53 Å². The third-order valence-corrected chi connectivity index (χ3v) is 2.77. The second kappa shape index (κ2) is 7.36. The van der Waals surface area contributed by atoms with Crippen LogP contribution in [0.3, 0.4) is 0 Å². The molecule has 0 aromatic carbocycles. The predicted molar refractivity (Wildman–Crippen MR) is 76.5 cm³/mol. The molecule has 2 heterocycles. The lowest BCUT2D eigenvalue weighted by atomic mass is 10.3. The number of furan rings is 1. The number of pyridine rings is 1. The van der Waals surface area contributed by atoms with E-state index in [9.17, 15) is 14.4 Å². The predicted octanol–water partition coefficient (Wildman–Crippen LogP) is 1.06. The average Bonchev–Trinajstić information content (AvgIpc) is 3.04. The van der Waals surface area contributed by atoms with Gasteiger partial charge in [-0.3, -0.25) is 25.4 Å². The summed E-state index contributed by atoms with van der Waals surface area (Å²) in [5, 5.41) is 0. The second-order valence-corrected chi connectivity index (χ2v) is 4.86. The molecular formula is C13H10BrN3O5. The minimum Gasteiger partial charge on any atom is -0.459 e. The summed E-state index contributed by atoms with van der Waals surface area (Å²) in [5.74, 6) is -1.99. The highest BCUT2D eigenvalue weighted by Crippen LogP contribution is 2.10. The smallest absolute Gasteiger partial charge is 0.340 e. The highest BCUT2D eigenvalue weighted by Gasteiger charge is 2.13. The Balaban J connectivity index is 1.76. The second-order valence-electron chi connectivity index (χ2n) is 3.95. The van der Waals surface area contributed by atoms with Crippen LogP contribution in [0.1, 0.15) is 20.9 Å². The minimum atomic E-state index is -0.707. The Morgan fingerprint density at radius 2 is 2.09 bits per heavy atom. The van der Waals surface area contributed by atoms with E-state index in [-0.39, 0.29) is 11.3 Å². The first-order valence-electron chi connectivity index (χ1n) is 5.96. The summed E-state index contributed by atoms with van der Waals surface area (Å²) in [4.78, 5) is 38.4. The Morgan fingerprint density at radius 3 is 2.77 bits per heavy atom. The first-order chi connectivity index (χ1) is 10.6. The van der Waals surface area contributed by atoms with Gasteiger partial charge in [0.15, 0.2) is 12.4 Å². The Bertz CT molecular complexity index is 687. The molecule has 2 aromatic rings. The monoisotopic (exact) mass is 367 g/mol. The summed E-state index contributed by atoms with van der Waals surface area (Å²) in [6.45, 7) is -0.552. The molecule has 2 rings (SSSR count). The maximum atomic E-state index is 11.7. The van der Waals surface area contributed by atoms with E-state index in [1.165, 1.54) is 36.9 Å². The summed E-state index contributed by atoms with van der Waals surface area (Å²) in [6.07, 6.45) is 4.14. The van der Waals surface area contributed by atoms with Crippen LogP contribution in [0, 0.1) is 0 Å². The van der Waals surface area contributed by atoms with Gasteiger partial charge in [0.05, 0.1) is 11.8 Å². The number of carbonyl (C=O) groups is 3. The van der Waals surface area contributed by atoms with Crippen molar-refractivity contribution in [2.24, 2.45) is 0 Å². The third kappa shape index (κ3) is 4.42. The molecule has 22 heavy (non-hydrogen) atoms. The largest absolute Gasteiger partial charge is 0.459 e. The Morgan fingerprint density at radius 1 is 1.27 bits per heavy atom. The van der Waals surface area contributed by atoms with Crippen molar-refractivity contribution in [3.8, 4) is 0 Å². The number of nitrogens with one attached hydrogen (secondary N) is 2. The van der Waals surface area contributed by atoms with Crippen molar-refractivity contribution < 1.29 is 23.5 Å². The summed E-state index contributed by atoms with van der Waals surface area (Å²) >= 11 is 3.16. The van der Waals surface area contributed by atoms with E-state index in [4.69, 9.17) is 9.15 Å². The molecule has 9 heteroatoms. The molecule has 2 amide bonds. The zero-order chi connectivity index (χ0) is 15.9. The number of ether oxygens (including phenoxy) is 1. The van der Waals surface area contributed by atoms with Crippen molar-refractivity contribution in [1.82, 2.24) is 15.8 Å². The van der Waals surface area contributed by atoms with Crippen LogP contribution in [0.25, 0.3) is 0 Å². The van der Waals surface area contributed by atoms with Gasteiger partial charge in [-0.15, -0.1) is 0 Å². The maximum absolute atomic E-state index is 11.7. The van der Waals surface area contributed by atoms with Crippen LogP contribution in [0.2, 0.25) is 0 Å². The highest BCUT2D eigenvalue weighted by atomic mass is 79.9. The van der Waals surface area contributed by atoms with Gasteiger partial charge >= 0.3 is 11.9 Å². The van der Waals surface area contributed by atoms with Crippen LogP contribution in [0.15, 0.2) is 45.7 Å². The number of rotatable bonds is 4. The third-order valence-electron chi connectivity index (χ3n) is 2.34. The van der Waals surface area contributed by atoms with E-state index in [2.05, 4.69) is 31.8 Å². The van der Waals surface area contributed by atoms with E-state index >= 15 is 0 Å². The molecule has 0 bridgehead atoms. The molecule has 114 valence electrons. The first-order valence-corrected chi connectivity index (χ1v) is 6.76. The van der Waals surface area contributed by atoms with E-state index in [0.717, 1.165) is 0 Å². The van der Waals surface area contributed by atoms with Crippen molar-refractivity contribution in [3.05, 3.63) is 52.7 Å². The molecular weight excluding hydrogens is 358 g/mol. The van der Waals surface area contributed by atoms with Crippen molar-refractivity contribution in [2.75, 3.05) is 6.61 Å². The molecule has 0 saturated carbocycles. The standard InChI is InChI=1S/C13H10BrN3O5/c14-9-4-8(5-15-6-9)13(20)22-7-11(18)16-17-12(19)10-2-1-3-21-10/h1-6H,7H2,(H,16,18)(H,17,19). The quantitative estimate of drug-likeness (QED) is 0.617. The molecule has 2 aromatic heterocycles. The Labute approximate surface area is 132 Å². The minimum absolute atomic E-state index is 0.0394. The van der Waals surface area contributed by atoms with Crippen molar-refractivity contribution in [3.63, 3.8) is 0 Å². The van der Waals surface area contributed by atoms with Gasteiger partial charge in [-0.05, 0) is 34.1 Å². The molecule has 0 radical (unpaired) electrons. The zero-order valence-corrected chi connectivity index (χ0v) is 12.6. The SMILES string of the molecule is O=C(COC(=O)c1cncc(Br)c1)NNC(=O)c1ccco1. The molecule has 0 atom stereocenters. The van der Waals surface area contributed by atoms with Crippen LogP contribution < -0.4 is 10.9 Å². The highest BCUT2D eigenvalue weighted by molar-refractivity contribution is 9.10. The number of aromatic nitrogens is 1. The van der Waals surface area contributed by atoms with Crippen molar-refractivity contribution in [1.29, 1.82) is 0 Å². The Kier molecular flexibility index (Phi) is 5.26. The van der Waals surface area contributed by atoms with Gasteiger partial charge in [0.1, 0.15) is 0 Å². The summed E-state index contributed by atoms with van der Waals surface area (Å²) in [5.41, 5.74) is 4.40. The number of hydrogen-bond donors (Lipinski definition) is 2. The molecule has 0 aliphatic rings. The molecule has 0 unspecified atom stereocenters. The number of hydrazine groups is 1. The maximum Gasteiger partial charge on any atom is 0.340 e. The normalized spacial score (nSPS) is 9.86. The molecule has 0 saturated heterocycles. The van der Waals surface area contributed by atoms with Crippen LogP contribution in [0.4, 0.5) is 0 Å². The zero-order valence-electron chi connectivity index (χ0n) is 11.0. The number of hydrogen-bond acceptors (Lipinski definition) is 6. The summed E-state index contributed by atoms with van der Waals surface area (Å²) < 4.78 is 10.2. The molecule has 8 nitrogen and oxygen atoms in total. The van der Waals surface area contributed by atoms with E-state index in [1.807, 2.05) is 0 Å². The lowest BCUT2D eigenvalue weighted by molar-refractivity contribution is -0.125. The van der Waals surface area contributed by atoms with Gasteiger partial charge in [0.2, 0.25) is 0 Å². The average molecular weight is 368 g/mol. The fraction of sp³-hybridized carbons (Fsp3) is 0.0769. The van der Waals surface area contributed by atoms with Crippen LogP contribution in [0.5, 0.6) is 0 Å². The molecule has 0 aliphatic carbocycles. The van der Waals surface area contributed by atoms with Crippen LogP contribution >= 0.6 is 15.9 Å². The molecule has 0 spiro atoms. The van der Waals surface area contributed by atoms with E-state index in [0.29, 0.717) is 4.47 Å². The topological polar surface area (TPSA) is 111 Å². The number of amides is 2. The van der Waals surface area contributed by atoms with Gasteiger partial charge in [-0.2, -0.15) is 0 Å². The Hall–Kier alpha value is -2.68. The summed E-state index contributed by atoms with van der Waals surface area (Å²) in [7, 11) is 0. The summed E-state index contributed by atoms with van der Waals surface area (Å²) in [6, 6.07) is 4.47. The molecule has 2 N–H and O–H groups in total. The van der Waals surface area contributed by atoms with Gasteiger partial charge in [0.25, 0.3) is 5.91 Å². The first kappa shape index (κ1) is 15.7. The number of halogens is 1. The lowest BCUT2D eigenvalue weighted by Gasteiger charge is -2.07. The van der Waals surface area contributed by atoms with Gasteiger partial charge in [-0.1, -0.05) is 0 Å².